The van der Waals surface area contributed by atoms with E-state index in [9.17, 15) is 37.2 Å². The van der Waals surface area contributed by atoms with E-state index >= 15 is 0 Å². The fourth-order valence-corrected chi connectivity index (χ4v) is 7.64. The number of ether oxygens (including phenoxy) is 1. The lowest BCUT2D eigenvalue weighted by molar-refractivity contribution is -0.135. The number of anilines is 1. The predicted molar refractivity (Wildman–Crippen MR) is 204 cm³/mol. The maximum atomic E-state index is 14.2. The zero-order valence-corrected chi connectivity index (χ0v) is 34.6. The summed E-state index contributed by atoms with van der Waals surface area (Å²) in [6.07, 6.45) is 0.253. The molecule has 1 saturated heterocycles. The summed E-state index contributed by atoms with van der Waals surface area (Å²) in [5.41, 5.74) is -3.72. The predicted octanol–water partition coefficient (Wildman–Crippen LogP) is 2.78. The normalized spacial score (nSPS) is 16.6. The lowest BCUT2D eigenvalue weighted by Gasteiger charge is -2.30. The third-order valence-electron chi connectivity index (χ3n) is 8.52. The highest BCUT2D eigenvalue weighted by Gasteiger charge is 2.43. The average Bonchev–Trinajstić information content (AvgIpc) is 3.53. The van der Waals surface area contributed by atoms with Gasteiger partial charge in [-0.05, 0) is 98.1 Å². The number of nitrogens with zero attached hydrogens (tertiary/aromatic N) is 1. The van der Waals surface area contributed by atoms with E-state index in [0.29, 0.717) is 6.42 Å². The number of sulfonamides is 1. The third-order valence-corrected chi connectivity index (χ3v) is 10.5. The van der Waals surface area contributed by atoms with Gasteiger partial charge in [-0.15, -0.1) is 0 Å². The molecule has 3 atom stereocenters. The molecule has 1 aliphatic heterocycles. The molecule has 2 rings (SSSR count). The lowest BCUT2D eigenvalue weighted by Crippen LogP contribution is -2.60. The molecule has 17 heteroatoms. The summed E-state index contributed by atoms with van der Waals surface area (Å²) in [6.45, 7) is 18.5. The van der Waals surface area contributed by atoms with E-state index in [4.69, 9.17) is 4.74 Å². The monoisotopic (exact) mass is 779 g/mol. The highest BCUT2D eigenvalue weighted by Crippen LogP contribution is 2.31. The van der Waals surface area contributed by atoms with Gasteiger partial charge in [0, 0.05) is 13.6 Å². The first-order valence-electron chi connectivity index (χ1n) is 18.3. The number of alkyl carbamates (subject to hydrolysis) is 1. The molecule has 1 heterocycles. The molecule has 0 bridgehead atoms. The fourth-order valence-electron chi connectivity index (χ4n) is 5.83. The van der Waals surface area contributed by atoms with Crippen LogP contribution in [-0.2, 0) is 38.7 Å². The van der Waals surface area contributed by atoms with Gasteiger partial charge in [0.15, 0.2) is 0 Å². The summed E-state index contributed by atoms with van der Waals surface area (Å²) >= 11 is 0. The number of rotatable bonds is 16. The first-order chi connectivity index (χ1) is 24.7. The molecule has 1 aromatic carbocycles. The molecule has 54 heavy (non-hydrogen) atoms. The van der Waals surface area contributed by atoms with E-state index in [-0.39, 0.29) is 48.2 Å². The standard InChI is InChI=1S/C37H61N7O9S/c1-22(2)20-25(29(45)42-36(8,9)32(48)38-12)39-31(47)27-17-15-19-44(27)54(51,52)28-18-14-13-16-24(28)40-33(49)37(10,11)43-30(46)26(21-23(3)4)41-34(50)53-35(5,6)7/h13-14,16,18,22-23,25-27H,15,17,19-21H2,1-12H3,(H,38,48)(H,39,47)(H,40,49)(H,41,50)(H,42,45)(H,43,46)/t25-,26-,27-/m0/s1. The van der Waals surface area contributed by atoms with E-state index in [2.05, 4.69) is 31.9 Å². The summed E-state index contributed by atoms with van der Waals surface area (Å²) in [6, 6.07) is 2.50. The van der Waals surface area contributed by atoms with E-state index in [1.807, 2.05) is 27.7 Å². The minimum absolute atomic E-state index is 0.000571. The summed E-state index contributed by atoms with van der Waals surface area (Å²) in [7, 11) is -2.96. The Labute approximate surface area is 320 Å². The summed E-state index contributed by atoms with van der Waals surface area (Å²) < 4.78 is 34.8. The smallest absolute Gasteiger partial charge is 0.408 e. The molecular weight excluding hydrogens is 719 g/mol. The molecule has 0 radical (unpaired) electrons. The van der Waals surface area contributed by atoms with Gasteiger partial charge in [0.2, 0.25) is 39.6 Å². The number of nitrogens with one attached hydrogen (secondary N) is 6. The van der Waals surface area contributed by atoms with E-state index in [1.54, 1.807) is 20.8 Å². The Morgan fingerprint density at radius 2 is 1.30 bits per heavy atom. The van der Waals surface area contributed by atoms with Crippen molar-refractivity contribution in [3.8, 4) is 0 Å². The second kappa shape index (κ2) is 18.4. The minimum Gasteiger partial charge on any atom is -0.444 e. The highest BCUT2D eigenvalue weighted by atomic mass is 32.2. The van der Waals surface area contributed by atoms with Crippen molar-refractivity contribution < 1.29 is 41.9 Å². The Morgan fingerprint density at radius 1 is 0.796 bits per heavy atom. The van der Waals surface area contributed by atoms with Crippen LogP contribution in [0.5, 0.6) is 0 Å². The number of hydrogen-bond donors (Lipinski definition) is 6. The fraction of sp³-hybridized carbons (Fsp3) is 0.676. The zero-order chi connectivity index (χ0) is 41.4. The third kappa shape index (κ3) is 13.0. The van der Waals surface area contributed by atoms with Gasteiger partial charge in [0.1, 0.15) is 39.7 Å². The van der Waals surface area contributed by atoms with Gasteiger partial charge in [-0.1, -0.05) is 39.8 Å². The quantitative estimate of drug-likeness (QED) is 0.145. The van der Waals surface area contributed by atoms with Crippen molar-refractivity contribution in [3.05, 3.63) is 24.3 Å². The summed E-state index contributed by atoms with van der Waals surface area (Å²) in [5, 5.41) is 15.7. The van der Waals surface area contributed by atoms with Gasteiger partial charge >= 0.3 is 6.09 Å². The van der Waals surface area contributed by atoms with Crippen molar-refractivity contribution in [2.45, 2.75) is 142 Å². The second-order valence-electron chi connectivity index (χ2n) is 16.6. The molecule has 304 valence electrons. The molecule has 1 aromatic rings. The molecule has 16 nitrogen and oxygen atoms in total. The van der Waals surface area contributed by atoms with Crippen LogP contribution in [0.15, 0.2) is 29.2 Å². The Kier molecular flexibility index (Phi) is 15.6. The van der Waals surface area contributed by atoms with Gasteiger partial charge in [-0.3, -0.25) is 24.0 Å². The number of amides is 6. The van der Waals surface area contributed by atoms with Crippen LogP contribution in [0.4, 0.5) is 10.5 Å². The van der Waals surface area contributed by atoms with Gasteiger partial charge in [0.25, 0.3) is 0 Å². The number of likely N-dealkylation sites (N-methyl/N-ethyl adjacent to an activating group) is 1. The van der Waals surface area contributed by atoms with Crippen LogP contribution in [0.2, 0.25) is 0 Å². The molecule has 1 fully saturated rings. The Hall–Kier alpha value is -4.25. The second-order valence-corrected chi connectivity index (χ2v) is 18.4. The zero-order valence-electron chi connectivity index (χ0n) is 33.8. The Bertz CT molecular complexity index is 1650. The van der Waals surface area contributed by atoms with Crippen molar-refractivity contribution in [3.63, 3.8) is 0 Å². The van der Waals surface area contributed by atoms with E-state index in [1.165, 1.54) is 59.0 Å². The van der Waals surface area contributed by atoms with Crippen molar-refractivity contribution >= 4 is 51.3 Å². The average molecular weight is 780 g/mol. The molecule has 0 spiro atoms. The molecule has 1 aliphatic rings. The Morgan fingerprint density at radius 3 is 1.80 bits per heavy atom. The van der Waals surface area contributed by atoms with Crippen molar-refractivity contribution in [1.29, 1.82) is 0 Å². The topological polar surface area (TPSA) is 221 Å². The van der Waals surface area contributed by atoms with E-state index < -0.39 is 80.5 Å². The van der Waals surface area contributed by atoms with Crippen molar-refractivity contribution in [1.82, 2.24) is 30.9 Å². The largest absolute Gasteiger partial charge is 0.444 e. The lowest BCUT2D eigenvalue weighted by atomic mass is 9.99. The van der Waals surface area contributed by atoms with Crippen LogP contribution in [0.1, 0.15) is 102 Å². The number of para-hydroxylation sites is 1. The van der Waals surface area contributed by atoms with Crippen LogP contribution in [0, 0.1) is 11.8 Å². The number of benzene rings is 1. The van der Waals surface area contributed by atoms with Crippen molar-refractivity contribution in [2.24, 2.45) is 11.8 Å². The highest BCUT2D eigenvalue weighted by molar-refractivity contribution is 7.89. The molecule has 0 unspecified atom stereocenters. The maximum Gasteiger partial charge on any atom is 0.408 e. The molecule has 6 amide bonds. The molecule has 0 aromatic heterocycles. The van der Waals surface area contributed by atoms with Gasteiger partial charge < -0.3 is 36.6 Å². The van der Waals surface area contributed by atoms with Gasteiger partial charge in [0.05, 0.1) is 5.69 Å². The number of carbonyl (C=O) groups is 6. The Balaban J connectivity index is 2.31. The molecule has 0 aliphatic carbocycles. The van der Waals surface area contributed by atoms with Crippen LogP contribution in [-0.4, -0.2) is 96.7 Å². The maximum absolute atomic E-state index is 14.2. The van der Waals surface area contributed by atoms with E-state index in [0.717, 1.165) is 4.31 Å². The van der Waals surface area contributed by atoms with Crippen LogP contribution >= 0.6 is 0 Å². The van der Waals surface area contributed by atoms with Crippen LogP contribution < -0.4 is 31.9 Å². The van der Waals surface area contributed by atoms with Gasteiger partial charge in [-0.25, -0.2) is 13.2 Å². The van der Waals surface area contributed by atoms with Crippen LogP contribution in [0.25, 0.3) is 0 Å². The number of hydrogen-bond acceptors (Lipinski definition) is 9. The minimum atomic E-state index is -4.40. The molecule has 6 N–H and O–H groups in total. The first-order valence-corrected chi connectivity index (χ1v) is 19.7. The first kappa shape index (κ1) is 45.9. The SMILES string of the molecule is CNC(=O)C(C)(C)NC(=O)[C@H](CC(C)C)NC(=O)[C@@H]1CCCN1S(=O)(=O)c1ccccc1NC(=O)C(C)(C)NC(=O)[C@H](CC(C)C)NC(=O)OC(C)(C)C. The van der Waals surface area contributed by atoms with Crippen LogP contribution in [0.3, 0.4) is 0 Å². The van der Waals surface area contributed by atoms with Gasteiger partial charge in [-0.2, -0.15) is 4.31 Å². The number of carbonyl (C=O) groups excluding carboxylic acids is 6. The molecular formula is C37H61N7O9S. The summed E-state index contributed by atoms with van der Waals surface area (Å²) in [5.74, 6) is -3.09. The van der Waals surface area contributed by atoms with Crippen molar-refractivity contribution in [2.75, 3.05) is 18.9 Å². The summed E-state index contributed by atoms with van der Waals surface area (Å²) in [4.78, 5) is 78.6. The molecule has 0 saturated carbocycles.